The van der Waals surface area contributed by atoms with Crippen molar-refractivity contribution in [3.63, 3.8) is 0 Å². The topological polar surface area (TPSA) is 84.6 Å². The van der Waals surface area contributed by atoms with Crippen molar-refractivity contribution in [1.82, 2.24) is 5.32 Å². The van der Waals surface area contributed by atoms with Crippen LogP contribution in [0.5, 0.6) is 0 Å². The van der Waals surface area contributed by atoms with Gasteiger partial charge in [0.2, 0.25) is 5.91 Å². The summed E-state index contributed by atoms with van der Waals surface area (Å²) in [6, 6.07) is 13.8. The average molecular weight is 328 g/mol. The molecule has 0 aromatic heterocycles. The molecule has 1 heterocycles. The van der Waals surface area contributed by atoms with E-state index in [2.05, 4.69) is 5.32 Å². The second-order valence-electron chi connectivity index (χ2n) is 6.43. The number of benzene rings is 2. The van der Waals surface area contributed by atoms with Gasteiger partial charge < -0.3 is 20.9 Å². The summed E-state index contributed by atoms with van der Waals surface area (Å²) in [4.78, 5) is 12.5. The number of carbonyl (C=O) groups excluding carboxylic acids is 1. The van der Waals surface area contributed by atoms with Gasteiger partial charge in [0.05, 0.1) is 11.5 Å². The molecular formula is C19H24N2O3. The van der Waals surface area contributed by atoms with Crippen molar-refractivity contribution in [2.45, 2.75) is 18.9 Å². The lowest BCUT2D eigenvalue weighted by Gasteiger charge is -2.34. The number of amides is 1. The van der Waals surface area contributed by atoms with Crippen LogP contribution >= 0.6 is 0 Å². The van der Waals surface area contributed by atoms with E-state index in [9.17, 15) is 9.90 Å². The molecule has 0 aliphatic carbocycles. The van der Waals surface area contributed by atoms with Crippen LogP contribution in [0.15, 0.2) is 42.5 Å². The summed E-state index contributed by atoms with van der Waals surface area (Å²) in [5, 5.41) is 15.5. The number of nitrogens with two attached hydrogens (primary N) is 1. The second kappa shape index (κ2) is 7.30. The minimum absolute atomic E-state index is 0.0897. The molecule has 1 unspecified atom stereocenters. The summed E-state index contributed by atoms with van der Waals surface area (Å²) in [5.41, 5.74) is 6.07. The number of nitrogens with one attached hydrogen (secondary N) is 1. The van der Waals surface area contributed by atoms with Crippen molar-refractivity contribution < 1.29 is 14.6 Å². The van der Waals surface area contributed by atoms with Crippen LogP contribution in [-0.2, 0) is 9.53 Å². The lowest BCUT2D eigenvalue weighted by molar-refractivity contribution is -0.136. The van der Waals surface area contributed by atoms with Gasteiger partial charge >= 0.3 is 0 Å². The first kappa shape index (κ1) is 16.9. The standard InChI is InChI=1S/C19H24N2O3/c20-13-19(7-9-24-10-8-19)18(23)21-12-17(22)16-6-5-14-3-1-2-4-15(14)11-16/h1-6,11,17,22H,7-10,12-13,20H2,(H,21,23). The largest absolute Gasteiger partial charge is 0.387 e. The van der Waals surface area contributed by atoms with Gasteiger partial charge in [-0.05, 0) is 35.2 Å². The summed E-state index contributed by atoms with van der Waals surface area (Å²) in [6.07, 6.45) is 0.510. The van der Waals surface area contributed by atoms with E-state index in [-0.39, 0.29) is 12.5 Å². The Balaban J connectivity index is 1.65. The molecule has 4 N–H and O–H groups in total. The van der Waals surface area contributed by atoms with Gasteiger partial charge in [-0.2, -0.15) is 0 Å². The first-order chi connectivity index (χ1) is 11.6. The van der Waals surface area contributed by atoms with Gasteiger partial charge in [0, 0.05) is 26.3 Å². The molecule has 2 aromatic carbocycles. The molecule has 5 heteroatoms. The van der Waals surface area contributed by atoms with E-state index in [1.54, 1.807) is 0 Å². The Kier molecular flexibility index (Phi) is 5.14. The molecule has 1 aliphatic rings. The highest BCUT2D eigenvalue weighted by Crippen LogP contribution is 2.29. The van der Waals surface area contributed by atoms with Gasteiger partial charge in [-0.25, -0.2) is 0 Å². The maximum atomic E-state index is 12.5. The van der Waals surface area contributed by atoms with Gasteiger partial charge in [0.15, 0.2) is 0 Å². The number of rotatable bonds is 5. The fourth-order valence-corrected chi connectivity index (χ4v) is 3.20. The van der Waals surface area contributed by atoms with E-state index in [1.165, 1.54) is 0 Å². The number of hydrogen-bond donors (Lipinski definition) is 3. The van der Waals surface area contributed by atoms with Crippen molar-refractivity contribution in [2.75, 3.05) is 26.3 Å². The van der Waals surface area contributed by atoms with Crippen LogP contribution in [0.3, 0.4) is 0 Å². The second-order valence-corrected chi connectivity index (χ2v) is 6.43. The zero-order valence-corrected chi connectivity index (χ0v) is 13.7. The molecule has 1 aliphatic heterocycles. The highest BCUT2D eigenvalue weighted by Gasteiger charge is 2.38. The normalized spacial score (nSPS) is 18.2. The molecule has 1 fully saturated rings. The molecule has 2 aromatic rings. The van der Waals surface area contributed by atoms with Gasteiger partial charge in [-0.3, -0.25) is 4.79 Å². The number of hydrogen-bond acceptors (Lipinski definition) is 4. The smallest absolute Gasteiger partial charge is 0.227 e. The summed E-state index contributed by atoms with van der Waals surface area (Å²) in [7, 11) is 0. The van der Waals surface area contributed by atoms with Crippen LogP contribution in [0.25, 0.3) is 10.8 Å². The van der Waals surface area contributed by atoms with Crippen LogP contribution in [0.4, 0.5) is 0 Å². The summed E-state index contributed by atoms with van der Waals surface area (Å²) < 4.78 is 5.33. The summed E-state index contributed by atoms with van der Waals surface area (Å²) >= 11 is 0. The minimum Gasteiger partial charge on any atom is -0.387 e. The van der Waals surface area contributed by atoms with Crippen LogP contribution in [0.1, 0.15) is 24.5 Å². The maximum absolute atomic E-state index is 12.5. The highest BCUT2D eigenvalue weighted by molar-refractivity contribution is 5.84. The number of aliphatic hydroxyl groups is 1. The Morgan fingerprint density at radius 2 is 1.92 bits per heavy atom. The van der Waals surface area contributed by atoms with Crippen molar-refractivity contribution in [1.29, 1.82) is 0 Å². The van der Waals surface area contributed by atoms with Crippen LogP contribution < -0.4 is 11.1 Å². The molecule has 24 heavy (non-hydrogen) atoms. The van der Waals surface area contributed by atoms with Gasteiger partial charge in [0.1, 0.15) is 0 Å². The third kappa shape index (κ3) is 3.43. The Morgan fingerprint density at radius 1 is 1.21 bits per heavy atom. The third-order valence-electron chi connectivity index (χ3n) is 4.94. The lowest BCUT2D eigenvalue weighted by Crippen LogP contribution is -2.49. The number of aliphatic hydroxyl groups excluding tert-OH is 1. The molecule has 5 nitrogen and oxygen atoms in total. The Bertz CT molecular complexity index is 711. The molecule has 3 rings (SSSR count). The van der Waals surface area contributed by atoms with E-state index < -0.39 is 11.5 Å². The molecular weight excluding hydrogens is 304 g/mol. The quantitative estimate of drug-likeness (QED) is 0.780. The fourth-order valence-electron chi connectivity index (χ4n) is 3.20. The van der Waals surface area contributed by atoms with E-state index in [4.69, 9.17) is 10.5 Å². The van der Waals surface area contributed by atoms with Crippen molar-refractivity contribution in [3.05, 3.63) is 48.0 Å². The lowest BCUT2D eigenvalue weighted by atomic mass is 9.79. The van der Waals surface area contributed by atoms with Crippen molar-refractivity contribution in [2.24, 2.45) is 11.1 Å². The Hall–Kier alpha value is -1.95. The summed E-state index contributed by atoms with van der Waals surface area (Å²) in [6.45, 7) is 1.59. The first-order valence-corrected chi connectivity index (χ1v) is 8.37. The number of ether oxygens (including phenoxy) is 1. The number of carbonyl (C=O) groups is 1. The molecule has 0 radical (unpaired) electrons. The fraction of sp³-hybridized carbons (Fsp3) is 0.421. The van der Waals surface area contributed by atoms with Gasteiger partial charge in [-0.1, -0.05) is 36.4 Å². The molecule has 0 saturated carbocycles. The highest BCUT2D eigenvalue weighted by atomic mass is 16.5. The zero-order valence-electron chi connectivity index (χ0n) is 13.7. The average Bonchev–Trinajstić information content (AvgIpc) is 2.65. The van der Waals surface area contributed by atoms with E-state index in [0.29, 0.717) is 32.6 Å². The van der Waals surface area contributed by atoms with Gasteiger partial charge in [0.25, 0.3) is 0 Å². The van der Waals surface area contributed by atoms with Crippen molar-refractivity contribution in [3.8, 4) is 0 Å². The molecule has 1 atom stereocenters. The molecule has 0 spiro atoms. The third-order valence-corrected chi connectivity index (χ3v) is 4.94. The zero-order chi connectivity index (χ0) is 17.0. The molecule has 1 amide bonds. The molecule has 0 bridgehead atoms. The van der Waals surface area contributed by atoms with Gasteiger partial charge in [-0.15, -0.1) is 0 Å². The monoisotopic (exact) mass is 328 g/mol. The van der Waals surface area contributed by atoms with Crippen LogP contribution in [0.2, 0.25) is 0 Å². The van der Waals surface area contributed by atoms with Crippen LogP contribution in [0, 0.1) is 5.41 Å². The van der Waals surface area contributed by atoms with Crippen LogP contribution in [-0.4, -0.2) is 37.3 Å². The van der Waals surface area contributed by atoms with E-state index in [1.807, 2.05) is 42.5 Å². The van der Waals surface area contributed by atoms with Crippen molar-refractivity contribution >= 4 is 16.7 Å². The predicted octanol–water partition coefficient (Wildman–Crippen LogP) is 1.74. The molecule has 128 valence electrons. The molecule has 1 saturated heterocycles. The number of fused-ring (bicyclic) bond motifs is 1. The first-order valence-electron chi connectivity index (χ1n) is 8.37. The maximum Gasteiger partial charge on any atom is 0.227 e. The summed E-state index contributed by atoms with van der Waals surface area (Å²) in [5.74, 6) is -0.0897. The Morgan fingerprint density at radius 3 is 2.62 bits per heavy atom. The SMILES string of the molecule is NCC1(C(=O)NCC(O)c2ccc3ccccc3c2)CCOCC1. The minimum atomic E-state index is -0.742. The predicted molar refractivity (Wildman–Crippen MR) is 93.5 cm³/mol. The Labute approximate surface area is 141 Å². The van der Waals surface area contributed by atoms with E-state index in [0.717, 1.165) is 16.3 Å². The van der Waals surface area contributed by atoms with E-state index >= 15 is 0 Å².